The van der Waals surface area contributed by atoms with Crippen LogP contribution < -0.4 is 5.32 Å². The SMILES string of the molecule is c1c(-c2nc(C3COCCO3)no2)nnn1C1CNC1. The van der Waals surface area contributed by atoms with Crippen molar-refractivity contribution in [2.24, 2.45) is 0 Å². The van der Waals surface area contributed by atoms with Crippen LogP contribution in [0.3, 0.4) is 0 Å². The van der Waals surface area contributed by atoms with E-state index in [1.54, 1.807) is 0 Å². The van der Waals surface area contributed by atoms with Gasteiger partial charge in [-0.05, 0) is 0 Å². The van der Waals surface area contributed by atoms with Gasteiger partial charge in [-0.2, -0.15) is 4.98 Å². The molecule has 0 bridgehead atoms. The van der Waals surface area contributed by atoms with Crippen molar-refractivity contribution in [3.63, 3.8) is 0 Å². The molecule has 0 spiro atoms. The van der Waals surface area contributed by atoms with Crippen molar-refractivity contribution >= 4 is 0 Å². The molecule has 4 rings (SSSR count). The molecule has 0 saturated carbocycles. The van der Waals surface area contributed by atoms with E-state index in [1.165, 1.54) is 0 Å². The second kappa shape index (κ2) is 4.93. The summed E-state index contributed by atoms with van der Waals surface area (Å²) in [4.78, 5) is 4.31. The Bertz CT molecular complexity index is 587. The molecule has 0 amide bonds. The Balaban J connectivity index is 1.53. The van der Waals surface area contributed by atoms with Crippen molar-refractivity contribution in [2.45, 2.75) is 12.1 Å². The summed E-state index contributed by atoms with van der Waals surface area (Å²) in [6, 6.07) is 0.355. The van der Waals surface area contributed by atoms with Crippen molar-refractivity contribution in [3.05, 3.63) is 12.0 Å². The quantitative estimate of drug-likeness (QED) is 0.806. The lowest BCUT2D eigenvalue weighted by Gasteiger charge is -2.26. The predicted octanol–water partition coefficient (Wildman–Crippen LogP) is -0.440. The van der Waals surface area contributed by atoms with Gasteiger partial charge in [0.2, 0.25) is 5.82 Å². The molecule has 106 valence electrons. The second-order valence-electron chi connectivity index (χ2n) is 4.79. The first kappa shape index (κ1) is 11.9. The summed E-state index contributed by atoms with van der Waals surface area (Å²) in [7, 11) is 0. The largest absolute Gasteiger partial charge is 0.376 e. The minimum atomic E-state index is -0.271. The highest BCUT2D eigenvalue weighted by molar-refractivity contribution is 5.43. The zero-order chi connectivity index (χ0) is 13.4. The molecule has 9 heteroatoms. The zero-order valence-electron chi connectivity index (χ0n) is 10.7. The first-order chi connectivity index (χ1) is 9.90. The van der Waals surface area contributed by atoms with Crippen molar-refractivity contribution < 1.29 is 14.0 Å². The average molecular weight is 278 g/mol. The van der Waals surface area contributed by atoms with E-state index in [4.69, 9.17) is 14.0 Å². The monoisotopic (exact) mass is 278 g/mol. The molecule has 2 fully saturated rings. The van der Waals surface area contributed by atoms with Gasteiger partial charge in [0.05, 0.1) is 32.1 Å². The van der Waals surface area contributed by atoms with E-state index < -0.39 is 0 Å². The van der Waals surface area contributed by atoms with E-state index in [9.17, 15) is 0 Å². The van der Waals surface area contributed by atoms with Gasteiger partial charge in [-0.1, -0.05) is 10.4 Å². The van der Waals surface area contributed by atoms with Crippen LogP contribution in [0.15, 0.2) is 10.7 Å². The molecule has 1 atom stereocenters. The summed E-state index contributed by atoms with van der Waals surface area (Å²) in [6.07, 6.45) is 1.55. The molecule has 2 aliphatic rings. The Kier molecular flexibility index (Phi) is 2.94. The van der Waals surface area contributed by atoms with Crippen LogP contribution >= 0.6 is 0 Å². The molecule has 0 aromatic carbocycles. The van der Waals surface area contributed by atoms with Crippen molar-refractivity contribution in [2.75, 3.05) is 32.9 Å². The fourth-order valence-electron chi connectivity index (χ4n) is 2.12. The van der Waals surface area contributed by atoms with Crippen LogP contribution in [-0.4, -0.2) is 58.0 Å². The fourth-order valence-corrected chi connectivity index (χ4v) is 2.12. The number of aromatic nitrogens is 5. The fraction of sp³-hybridized carbons (Fsp3) is 0.636. The maximum Gasteiger partial charge on any atom is 0.280 e. The number of nitrogens with zero attached hydrogens (tertiary/aromatic N) is 5. The van der Waals surface area contributed by atoms with Gasteiger partial charge in [0.25, 0.3) is 5.89 Å². The zero-order valence-corrected chi connectivity index (χ0v) is 10.7. The van der Waals surface area contributed by atoms with Gasteiger partial charge < -0.3 is 19.3 Å². The van der Waals surface area contributed by atoms with E-state index in [2.05, 4.69) is 25.8 Å². The van der Waals surface area contributed by atoms with Crippen molar-refractivity contribution in [3.8, 4) is 11.6 Å². The smallest absolute Gasteiger partial charge is 0.280 e. The van der Waals surface area contributed by atoms with Gasteiger partial charge in [-0.25, -0.2) is 4.68 Å². The topological polar surface area (TPSA) is 100 Å². The van der Waals surface area contributed by atoms with Gasteiger partial charge >= 0.3 is 0 Å². The molecule has 0 radical (unpaired) electrons. The Morgan fingerprint density at radius 2 is 2.25 bits per heavy atom. The maximum atomic E-state index is 5.52. The molecule has 2 aromatic heterocycles. The number of nitrogens with one attached hydrogen (secondary N) is 1. The molecule has 2 saturated heterocycles. The molecule has 2 aromatic rings. The molecular weight excluding hydrogens is 264 g/mol. The third kappa shape index (κ3) is 2.09. The van der Waals surface area contributed by atoms with Gasteiger partial charge in [0, 0.05) is 13.1 Å². The second-order valence-corrected chi connectivity index (χ2v) is 4.79. The molecule has 4 heterocycles. The van der Waals surface area contributed by atoms with Crippen LogP contribution in [0.2, 0.25) is 0 Å². The van der Waals surface area contributed by atoms with Crippen LogP contribution in [0, 0.1) is 0 Å². The summed E-state index contributed by atoms with van der Waals surface area (Å²) in [5.74, 6) is 0.840. The van der Waals surface area contributed by atoms with Crippen LogP contribution in [-0.2, 0) is 9.47 Å². The lowest BCUT2D eigenvalue weighted by molar-refractivity contribution is -0.0941. The molecular formula is C11H14N6O3. The highest BCUT2D eigenvalue weighted by atomic mass is 16.6. The Labute approximate surface area is 114 Å². The van der Waals surface area contributed by atoms with E-state index in [0.29, 0.717) is 43.3 Å². The van der Waals surface area contributed by atoms with Gasteiger partial charge in [-0.3, -0.25) is 0 Å². The number of hydrogen-bond acceptors (Lipinski definition) is 8. The molecule has 1 N–H and O–H groups in total. The molecule has 0 aliphatic carbocycles. The van der Waals surface area contributed by atoms with Gasteiger partial charge in [0.1, 0.15) is 6.10 Å². The minimum absolute atomic E-state index is 0.271. The van der Waals surface area contributed by atoms with E-state index >= 15 is 0 Å². The minimum Gasteiger partial charge on any atom is -0.376 e. The summed E-state index contributed by atoms with van der Waals surface area (Å²) >= 11 is 0. The van der Waals surface area contributed by atoms with Crippen molar-refractivity contribution in [1.82, 2.24) is 30.5 Å². The van der Waals surface area contributed by atoms with Gasteiger partial charge in [-0.15, -0.1) is 5.10 Å². The summed E-state index contributed by atoms with van der Waals surface area (Å²) in [5, 5.41) is 15.3. The van der Waals surface area contributed by atoms with Gasteiger partial charge in [0.15, 0.2) is 5.69 Å². The Morgan fingerprint density at radius 3 is 3.00 bits per heavy atom. The van der Waals surface area contributed by atoms with Crippen molar-refractivity contribution in [1.29, 1.82) is 0 Å². The van der Waals surface area contributed by atoms with E-state index in [0.717, 1.165) is 13.1 Å². The third-order valence-electron chi connectivity index (χ3n) is 3.41. The standard InChI is InChI=1S/C11H14N6O3/c1-2-19-9(6-18-1)10-13-11(20-15-10)8-5-17(16-14-8)7-3-12-4-7/h5,7,9,12H,1-4,6H2. The Morgan fingerprint density at radius 1 is 1.30 bits per heavy atom. The van der Waals surface area contributed by atoms with Crippen LogP contribution in [0.5, 0.6) is 0 Å². The molecule has 2 aliphatic heterocycles. The van der Waals surface area contributed by atoms with Crippen LogP contribution in [0.4, 0.5) is 0 Å². The number of rotatable bonds is 3. The highest BCUT2D eigenvalue weighted by Gasteiger charge is 2.25. The average Bonchev–Trinajstić information content (AvgIpc) is 3.06. The lowest BCUT2D eigenvalue weighted by atomic mass is 10.2. The summed E-state index contributed by atoms with van der Waals surface area (Å²) in [5.41, 5.74) is 0.576. The third-order valence-corrected chi connectivity index (χ3v) is 3.41. The number of hydrogen-bond donors (Lipinski definition) is 1. The highest BCUT2D eigenvalue weighted by Crippen LogP contribution is 2.22. The first-order valence-corrected chi connectivity index (χ1v) is 6.56. The summed E-state index contributed by atoms with van der Waals surface area (Å²) < 4.78 is 17.9. The molecule has 1 unspecified atom stereocenters. The first-order valence-electron chi connectivity index (χ1n) is 6.56. The van der Waals surface area contributed by atoms with Crippen LogP contribution in [0.25, 0.3) is 11.6 Å². The normalized spacial score (nSPS) is 23.7. The Hall–Kier alpha value is -1.84. The number of ether oxygens (including phenoxy) is 2. The summed E-state index contributed by atoms with van der Waals surface area (Å²) in [6.45, 7) is 3.40. The predicted molar refractivity (Wildman–Crippen MR) is 64.7 cm³/mol. The molecule has 20 heavy (non-hydrogen) atoms. The lowest BCUT2D eigenvalue weighted by Crippen LogP contribution is -2.43. The van der Waals surface area contributed by atoms with Crippen LogP contribution in [0.1, 0.15) is 18.0 Å². The van der Waals surface area contributed by atoms with E-state index in [-0.39, 0.29) is 6.10 Å². The maximum absolute atomic E-state index is 5.52. The molecule has 9 nitrogen and oxygen atoms in total. The van der Waals surface area contributed by atoms with E-state index in [1.807, 2.05) is 10.9 Å².